The summed E-state index contributed by atoms with van der Waals surface area (Å²) in [7, 11) is 9.03. The summed E-state index contributed by atoms with van der Waals surface area (Å²) < 4.78 is 13.2. The third-order valence-corrected chi connectivity index (χ3v) is 6.08. The molecule has 0 saturated carbocycles. The van der Waals surface area contributed by atoms with Crippen LogP contribution in [-0.4, -0.2) is 37.9 Å². The monoisotopic (exact) mass is 423 g/mol. The third kappa shape index (κ3) is 4.38. The molecule has 3 rings (SSSR count). The molecule has 31 heavy (non-hydrogen) atoms. The van der Waals surface area contributed by atoms with Gasteiger partial charge in [-0.25, -0.2) is 4.98 Å². The van der Waals surface area contributed by atoms with E-state index >= 15 is 0 Å². The number of hydrogen-bond acceptors (Lipinski definition) is 5. The van der Waals surface area contributed by atoms with Gasteiger partial charge in [0, 0.05) is 50.0 Å². The summed E-state index contributed by atoms with van der Waals surface area (Å²) in [6.45, 7) is 4.43. The fourth-order valence-corrected chi connectivity index (χ4v) is 4.03. The van der Waals surface area contributed by atoms with Gasteiger partial charge in [0.1, 0.15) is 17.3 Å². The molecule has 0 aliphatic heterocycles. The van der Waals surface area contributed by atoms with Gasteiger partial charge in [0.05, 0.1) is 19.6 Å². The number of hydrogen-bond donors (Lipinski definition) is 0. The van der Waals surface area contributed by atoms with E-state index in [1.165, 1.54) is 0 Å². The van der Waals surface area contributed by atoms with E-state index in [0.29, 0.717) is 11.3 Å². The second-order valence-corrected chi connectivity index (χ2v) is 8.19. The van der Waals surface area contributed by atoms with Crippen molar-refractivity contribution in [1.82, 2.24) is 9.55 Å². The average Bonchev–Trinajstić information content (AvgIpc) is 2.78. The first-order valence-electron chi connectivity index (χ1n) is 10.8. The minimum absolute atomic E-state index is 0.0687. The molecule has 2 aromatic heterocycles. The van der Waals surface area contributed by atoms with Gasteiger partial charge in [0.25, 0.3) is 5.56 Å². The van der Waals surface area contributed by atoms with Gasteiger partial charge in [-0.05, 0) is 36.1 Å². The van der Waals surface area contributed by atoms with Crippen LogP contribution in [0, 0.1) is 5.92 Å². The number of fused-ring (bicyclic) bond motifs is 1. The number of aromatic nitrogens is 2. The minimum Gasteiger partial charge on any atom is -0.496 e. The van der Waals surface area contributed by atoms with Gasteiger partial charge in [0.2, 0.25) is 0 Å². The summed E-state index contributed by atoms with van der Waals surface area (Å²) in [5, 5.41) is 1.45. The lowest BCUT2D eigenvalue weighted by molar-refractivity contribution is 0.374. The maximum atomic E-state index is 12.7. The zero-order valence-electron chi connectivity index (χ0n) is 19.7. The van der Waals surface area contributed by atoms with Gasteiger partial charge < -0.3 is 18.9 Å². The highest BCUT2D eigenvalue weighted by Gasteiger charge is 2.19. The Morgan fingerprint density at radius 2 is 1.65 bits per heavy atom. The normalized spacial score (nSPS) is 11.2. The molecule has 0 N–H and O–H groups in total. The van der Waals surface area contributed by atoms with E-state index in [2.05, 4.69) is 31.0 Å². The summed E-state index contributed by atoms with van der Waals surface area (Å²) in [5.41, 5.74) is 2.90. The Bertz CT molecular complexity index is 1110. The van der Waals surface area contributed by atoms with Crippen LogP contribution < -0.4 is 19.9 Å². The van der Waals surface area contributed by atoms with E-state index in [1.54, 1.807) is 32.0 Å². The fourth-order valence-electron chi connectivity index (χ4n) is 4.03. The molecule has 0 spiro atoms. The predicted octanol–water partition coefficient (Wildman–Crippen LogP) is 4.66. The number of anilines is 1. The van der Waals surface area contributed by atoms with Crippen molar-refractivity contribution in [2.24, 2.45) is 13.0 Å². The van der Waals surface area contributed by atoms with Crippen LogP contribution >= 0.6 is 0 Å². The molecule has 0 atom stereocenters. The molecule has 2 heterocycles. The van der Waals surface area contributed by atoms with Crippen molar-refractivity contribution in [3.8, 4) is 22.6 Å². The highest BCUT2D eigenvalue weighted by atomic mass is 16.5. The van der Waals surface area contributed by atoms with Crippen molar-refractivity contribution in [3.63, 3.8) is 0 Å². The van der Waals surface area contributed by atoms with Gasteiger partial charge in [-0.15, -0.1) is 0 Å². The molecule has 0 bridgehead atoms. The number of aryl methyl sites for hydroxylation is 1. The second-order valence-electron chi connectivity index (χ2n) is 8.19. The highest BCUT2D eigenvalue weighted by Crippen LogP contribution is 2.39. The van der Waals surface area contributed by atoms with Gasteiger partial charge >= 0.3 is 0 Å². The number of benzene rings is 1. The molecule has 0 radical (unpaired) electrons. The van der Waals surface area contributed by atoms with Gasteiger partial charge in [0.15, 0.2) is 0 Å². The van der Waals surface area contributed by atoms with Crippen LogP contribution in [0.1, 0.15) is 32.3 Å². The number of rotatable bonds is 8. The first-order chi connectivity index (χ1) is 14.8. The molecular weight excluding hydrogens is 390 g/mol. The number of pyridine rings is 2. The van der Waals surface area contributed by atoms with E-state index < -0.39 is 0 Å². The van der Waals surface area contributed by atoms with E-state index in [4.69, 9.17) is 9.47 Å². The van der Waals surface area contributed by atoms with E-state index in [1.807, 2.05) is 31.3 Å². The SMILES string of the molecule is CCC(CC)Cc1c(OC)cc(-c2cn(C)c(=O)c3cnc(N(C)C)cc23)cc1OC. The third-order valence-electron chi connectivity index (χ3n) is 6.08. The Hall–Kier alpha value is -3.02. The Morgan fingerprint density at radius 3 is 2.16 bits per heavy atom. The maximum Gasteiger partial charge on any atom is 0.259 e. The van der Waals surface area contributed by atoms with E-state index in [9.17, 15) is 4.79 Å². The molecule has 166 valence electrons. The van der Waals surface area contributed by atoms with Crippen LogP contribution in [0.3, 0.4) is 0 Å². The van der Waals surface area contributed by atoms with E-state index in [0.717, 1.165) is 58.7 Å². The lowest BCUT2D eigenvalue weighted by Crippen LogP contribution is -2.18. The first-order valence-corrected chi connectivity index (χ1v) is 10.8. The Morgan fingerprint density at radius 1 is 1.03 bits per heavy atom. The summed E-state index contributed by atoms with van der Waals surface area (Å²) >= 11 is 0. The standard InChI is InChI=1S/C25H33N3O3/c1-8-16(9-2)10-19-22(30-6)11-17(12-23(19)31-7)21-15-28(5)25(29)20-14-26-24(27(3)4)13-18(20)21/h11-16H,8-10H2,1-7H3. The minimum atomic E-state index is -0.0687. The largest absolute Gasteiger partial charge is 0.496 e. The van der Waals surface area contributed by atoms with E-state index in [-0.39, 0.29) is 5.56 Å². The maximum absolute atomic E-state index is 12.7. The van der Waals surface area contributed by atoms with Crippen LogP contribution in [0.15, 0.2) is 35.4 Å². The molecule has 0 saturated heterocycles. The number of nitrogens with zero attached hydrogens (tertiary/aromatic N) is 3. The van der Waals surface area contributed by atoms with Crippen LogP contribution in [0.5, 0.6) is 11.5 Å². The van der Waals surface area contributed by atoms with Crippen LogP contribution in [0.25, 0.3) is 21.9 Å². The highest BCUT2D eigenvalue weighted by molar-refractivity contribution is 5.97. The Balaban J connectivity index is 2.28. The molecule has 6 nitrogen and oxygen atoms in total. The summed E-state index contributed by atoms with van der Waals surface area (Å²) in [6, 6.07) is 6.06. The summed E-state index contributed by atoms with van der Waals surface area (Å²) in [5.74, 6) is 2.99. The van der Waals surface area contributed by atoms with Crippen molar-refractivity contribution < 1.29 is 9.47 Å². The van der Waals surface area contributed by atoms with Crippen molar-refractivity contribution in [3.05, 3.63) is 46.5 Å². The van der Waals surface area contributed by atoms with Crippen LogP contribution in [0.4, 0.5) is 5.82 Å². The number of ether oxygens (including phenoxy) is 2. The summed E-state index contributed by atoms with van der Waals surface area (Å²) in [4.78, 5) is 19.1. The van der Waals surface area contributed by atoms with Crippen molar-refractivity contribution in [1.29, 1.82) is 0 Å². The zero-order chi connectivity index (χ0) is 22.7. The van der Waals surface area contributed by atoms with Crippen molar-refractivity contribution >= 4 is 16.6 Å². The molecule has 1 aromatic carbocycles. The first kappa shape index (κ1) is 22.7. The molecule has 0 unspecified atom stereocenters. The molecular formula is C25H33N3O3. The zero-order valence-corrected chi connectivity index (χ0v) is 19.7. The van der Waals surface area contributed by atoms with Gasteiger partial charge in [-0.1, -0.05) is 26.7 Å². The number of methoxy groups -OCH3 is 2. The fraction of sp³-hybridized carbons (Fsp3) is 0.440. The Labute approximate surface area is 184 Å². The molecule has 0 aliphatic rings. The summed E-state index contributed by atoms with van der Waals surface area (Å²) in [6.07, 6.45) is 6.65. The van der Waals surface area contributed by atoms with Crippen LogP contribution in [0.2, 0.25) is 0 Å². The van der Waals surface area contributed by atoms with Crippen molar-refractivity contribution in [2.45, 2.75) is 33.1 Å². The average molecular weight is 424 g/mol. The molecule has 0 fully saturated rings. The van der Waals surface area contributed by atoms with Crippen molar-refractivity contribution in [2.75, 3.05) is 33.2 Å². The molecule has 0 aliphatic carbocycles. The van der Waals surface area contributed by atoms with Gasteiger partial charge in [-0.2, -0.15) is 0 Å². The molecule has 6 heteroatoms. The topological polar surface area (TPSA) is 56.6 Å². The predicted molar refractivity (Wildman–Crippen MR) is 128 cm³/mol. The lowest BCUT2D eigenvalue weighted by atomic mass is 9.91. The smallest absolute Gasteiger partial charge is 0.259 e. The Kier molecular flexibility index (Phi) is 6.88. The second kappa shape index (κ2) is 9.41. The van der Waals surface area contributed by atoms with Crippen LogP contribution in [-0.2, 0) is 13.5 Å². The molecule has 0 amide bonds. The molecule has 3 aromatic rings. The quantitative estimate of drug-likeness (QED) is 0.527. The lowest BCUT2D eigenvalue weighted by Gasteiger charge is -2.20. The van der Waals surface area contributed by atoms with Gasteiger partial charge in [-0.3, -0.25) is 4.79 Å².